The van der Waals surface area contributed by atoms with Gasteiger partial charge in [-0.15, -0.1) is 6.58 Å². The fraction of sp³-hybridized carbons (Fsp3) is 0.364. The van der Waals surface area contributed by atoms with Gasteiger partial charge in [-0.3, -0.25) is 0 Å². The molecule has 0 bridgehead atoms. The average Bonchev–Trinajstić information content (AvgIpc) is 2.63. The Morgan fingerprint density at radius 1 is 1.16 bits per heavy atom. The van der Waals surface area contributed by atoms with Gasteiger partial charge in [-0.1, -0.05) is 43.7 Å². The van der Waals surface area contributed by atoms with Gasteiger partial charge in [0.05, 0.1) is 0 Å². The van der Waals surface area contributed by atoms with E-state index in [2.05, 4.69) is 31.0 Å². The van der Waals surface area contributed by atoms with Gasteiger partial charge >= 0.3 is 0 Å². The summed E-state index contributed by atoms with van der Waals surface area (Å²) in [5.41, 5.74) is 2.06. The van der Waals surface area contributed by atoms with Crippen LogP contribution in [0.5, 0.6) is 5.75 Å². The second-order valence-electron chi connectivity index (χ2n) is 6.33. The largest absolute Gasteiger partial charge is 0.489 e. The van der Waals surface area contributed by atoms with Crippen molar-refractivity contribution >= 4 is 0 Å². The highest BCUT2D eigenvalue weighted by atomic mass is 19.1. The van der Waals surface area contributed by atoms with Crippen molar-refractivity contribution in [1.82, 2.24) is 5.32 Å². The van der Waals surface area contributed by atoms with Crippen molar-refractivity contribution in [2.75, 3.05) is 6.54 Å². The van der Waals surface area contributed by atoms with E-state index < -0.39 is 0 Å². The number of halogens is 1. The third kappa shape index (κ3) is 7.10. The van der Waals surface area contributed by atoms with E-state index in [0.717, 1.165) is 36.7 Å². The maximum atomic E-state index is 13.1. The molecule has 3 heteroatoms. The van der Waals surface area contributed by atoms with Crippen molar-refractivity contribution in [3.63, 3.8) is 0 Å². The zero-order valence-electron chi connectivity index (χ0n) is 15.0. The molecule has 2 aromatic carbocycles. The van der Waals surface area contributed by atoms with Gasteiger partial charge in [0.2, 0.25) is 0 Å². The first-order valence-corrected chi connectivity index (χ1v) is 8.99. The van der Waals surface area contributed by atoms with Crippen molar-refractivity contribution in [3.8, 4) is 5.75 Å². The van der Waals surface area contributed by atoms with E-state index in [1.807, 2.05) is 24.3 Å². The molecule has 0 aliphatic carbocycles. The fourth-order valence-corrected chi connectivity index (χ4v) is 2.76. The highest BCUT2D eigenvalue weighted by Gasteiger charge is 2.03. The number of allylic oxidation sites excluding steroid dienone is 1. The van der Waals surface area contributed by atoms with Gasteiger partial charge in [-0.2, -0.15) is 0 Å². The minimum atomic E-state index is -0.235. The van der Waals surface area contributed by atoms with Crippen LogP contribution >= 0.6 is 0 Å². The molecule has 0 aromatic heterocycles. The number of hydrogen-bond donors (Lipinski definition) is 1. The normalized spacial score (nSPS) is 11.9. The minimum Gasteiger partial charge on any atom is -0.489 e. The maximum Gasteiger partial charge on any atom is 0.123 e. The Kier molecular flexibility index (Phi) is 8.20. The van der Waals surface area contributed by atoms with Crippen LogP contribution in [0.4, 0.5) is 4.39 Å². The molecule has 1 N–H and O–H groups in total. The van der Waals surface area contributed by atoms with Crippen LogP contribution in [0.2, 0.25) is 0 Å². The zero-order chi connectivity index (χ0) is 17.9. The quantitative estimate of drug-likeness (QED) is 0.431. The van der Waals surface area contributed by atoms with Crippen LogP contribution in [0.15, 0.2) is 61.2 Å². The smallest absolute Gasteiger partial charge is 0.123 e. The molecule has 0 fully saturated rings. The van der Waals surface area contributed by atoms with Crippen LogP contribution < -0.4 is 10.1 Å². The first-order valence-electron chi connectivity index (χ1n) is 8.99. The highest BCUT2D eigenvalue weighted by Crippen LogP contribution is 2.15. The summed E-state index contributed by atoms with van der Waals surface area (Å²) in [7, 11) is 0. The van der Waals surface area contributed by atoms with E-state index in [-0.39, 0.29) is 5.82 Å². The molecule has 2 rings (SSSR count). The third-order valence-corrected chi connectivity index (χ3v) is 4.35. The number of nitrogens with one attached hydrogen (secondary N) is 1. The molecule has 0 saturated heterocycles. The Labute approximate surface area is 150 Å². The van der Waals surface area contributed by atoms with E-state index in [9.17, 15) is 4.39 Å². The molecule has 0 radical (unpaired) electrons. The molecule has 0 saturated carbocycles. The molecule has 1 atom stereocenters. The average molecular weight is 341 g/mol. The van der Waals surface area contributed by atoms with Crippen molar-refractivity contribution in [1.29, 1.82) is 0 Å². The summed E-state index contributed by atoms with van der Waals surface area (Å²) in [6, 6.07) is 14.5. The molecule has 0 aliphatic heterocycles. The Hall–Kier alpha value is -2.13. The number of hydrogen-bond acceptors (Lipinski definition) is 2. The molecule has 0 heterocycles. The lowest BCUT2D eigenvalue weighted by molar-refractivity contribution is 0.305. The van der Waals surface area contributed by atoms with Gasteiger partial charge in [0.25, 0.3) is 0 Å². The summed E-state index contributed by atoms with van der Waals surface area (Å²) in [6.45, 7) is 8.30. The van der Waals surface area contributed by atoms with Crippen LogP contribution in [0.3, 0.4) is 0 Å². The maximum absolute atomic E-state index is 13.1. The third-order valence-electron chi connectivity index (χ3n) is 4.35. The lowest BCUT2D eigenvalue weighted by Gasteiger charge is -2.13. The van der Waals surface area contributed by atoms with Crippen LogP contribution in [0.1, 0.15) is 37.3 Å². The SMILES string of the molecule is C=CCC(CC)CCNCc1ccc(OCc2cccc(F)c2)cc1. The standard InChI is InChI=1S/C22H28FNO/c1-3-6-18(4-2)13-14-24-16-19-9-11-22(12-10-19)25-17-20-7-5-8-21(23)15-20/h3,5,7-12,15,18,24H,1,4,6,13-14,16-17H2,2H3. The Morgan fingerprint density at radius 3 is 2.64 bits per heavy atom. The van der Waals surface area contributed by atoms with Crippen LogP contribution in [-0.2, 0) is 13.2 Å². The van der Waals surface area contributed by atoms with Gasteiger partial charge in [-0.25, -0.2) is 4.39 Å². The van der Waals surface area contributed by atoms with E-state index in [1.165, 1.54) is 30.5 Å². The summed E-state index contributed by atoms with van der Waals surface area (Å²) in [6.07, 6.45) is 5.48. The molecule has 25 heavy (non-hydrogen) atoms. The van der Waals surface area contributed by atoms with Gasteiger partial charge in [0, 0.05) is 6.54 Å². The summed E-state index contributed by atoms with van der Waals surface area (Å²) in [4.78, 5) is 0. The second kappa shape index (κ2) is 10.7. The van der Waals surface area contributed by atoms with Gasteiger partial charge < -0.3 is 10.1 Å². The molecule has 0 spiro atoms. The number of rotatable bonds is 11. The summed E-state index contributed by atoms with van der Waals surface area (Å²) in [5, 5.41) is 3.49. The lowest BCUT2D eigenvalue weighted by Crippen LogP contribution is -2.17. The molecular weight excluding hydrogens is 313 g/mol. The van der Waals surface area contributed by atoms with Gasteiger partial charge in [0.1, 0.15) is 18.2 Å². The lowest BCUT2D eigenvalue weighted by atomic mass is 9.98. The Balaban J connectivity index is 1.71. The number of benzene rings is 2. The topological polar surface area (TPSA) is 21.3 Å². The van der Waals surface area contributed by atoms with E-state index >= 15 is 0 Å². The van der Waals surface area contributed by atoms with Crippen molar-refractivity contribution in [2.45, 2.75) is 39.3 Å². The zero-order valence-corrected chi connectivity index (χ0v) is 15.0. The summed E-state index contributed by atoms with van der Waals surface area (Å²) < 4.78 is 18.8. The fourth-order valence-electron chi connectivity index (χ4n) is 2.76. The molecule has 0 aliphatic rings. The van der Waals surface area contributed by atoms with E-state index in [1.54, 1.807) is 6.07 Å². The van der Waals surface area contributed by atoms with Crippen molar-refractivity contribution in [3.05, 3.63) is 78.1 Å². The summed E-state index contributed by atoms with van der Waals surface area (Å²) in [5.74, 6) is 1.29. The first-order chi connectivity index (χ1) is 12.2. The molecule has 1 unspecified atom stereocenters. The molecule has 2 nitrogen and oxygen atoms in total. The predicted molar refractivity (Wildman–Crippen MR) is 102 cm³/mol. The first kappa shape index (κ1) is 19.2. The van der Waals surface area contributed by atoms with E-state index in [0.29, 0.717) is 6.61 Å². The Bertz CT molecular complexity index is 639. The van der Waals surface area contributed by atoms with Crippen molar-refractivity contribution in [2.24, 2.45) is 5.92 Å². The molecule has 134 valence electrons. The highest BCUT2D eigenvalue weighted by molar-refractivity contribution is 5.27. The van der Waals surface area contributed by atoms with Crippen molar-refractivity contribution < 1.29 is 9.13 Å². The predicted octanol–water partition coefficient (Wildman–Crippen LogP) is 5.49. The second-order valence-corrected chi connectivity index (χ2v) is 6.33. The van der Waals surface area contributed by atoms with E-state index in [4.69, 9.17) is 4.74 Å². The molecule has 0 amide bonds. The minimum absolute atomic E-state index is 0.235. The number of ether oxygens (including phenoxy) is 1. The van der Waals surface area contributed by atoms with Gasteiger partial charge in [-0.05, 0) is 60.7 Å². The van der Waals surface area contributed by atoms with Gasteiger partial charge in [0.15, 0.2) is 0 Å². The summed E-state index contributed by atoms with van der Waals surface area (Å²) >= 11 is 0. The van der Waals surface area contributed by atoms with Crippen LogP contribution in [-0.4, -0.2) is 6.54 Å². The molecular formula is C22H28FNO. The Morgan fingerprint density at radius 2 is 1.96 bits per heavy atom. The van der Waals surface area contributed by atoms with Crippen LogP contribution in [0.25, 0.3) is 0 Å². The van der Waals surface area contributed by atoms with Crippen LogP contribution in [0, 0.1) is 11.7 Å². The molecule has 2 aromatic rings. The monoisotopic (exact) mass is 341 g/mol.